The summed E-state index contributed by atoms with van der Waals surface area (Å²) < 4.78 is 5.34. The Morgan fingerprint density at radius 3 is 2.59 bits per heavy atom. The fourth-order valence-corrected chi connectivity index (χ4v) is 2.96. The number of hydrogen-bond acceptors (Lipinski definition) is 3. The first-order chi connectivity index (χ1) is 10.7. The fourth-order valence-electron chi connectivity index (χ4n) is 2.96. The van der Waals surface area contributed by atoms with Gasteiger partial charge in [-0.3, -0.25) is 4.79 Å². The Labute approximate surface area is 130 Å². The maximum Gasteiger partial charge on any atom is 0.223 e. The molecule has 1 saturated carbocycles. The molecule has 1 amide bonds. The van der Waals surface area contributed by atoms with Crippen molar-refractivity contribution in [3.63, 3.8) is 0 Å². The summed E-state index contributed by atoms with van der Waals surface area (Å²) in [7, 11) is 0. The Bertz CT molecular complexity index is 598. The number of aliphatic hydroxyl groups excluding tert-OH is 1. The van der Waals surface area contributed by atoms with E-state index in [1.54, 1.807) is 6.26 Å². The molecule has 1 aliphatic rings. The maximum atomic E-state index is 12.0. The quantitative estimate of drug-likeness (QED) is 0.890. The molecule has 2 N–H and O–H groups in total. The molecule has 0 bridgehead atoms. The van der Waals surface area contributed by atoms with Crippen LogP contribution >= 0.6 is 0 Å². The van der Waals surface area contributed by atoms with Crippen LogP contribution in [0.2, 0.25) is 0 Å². The van der Waals surface area contributed by atoms with Gasteiger partial charge in [0.1, 0.15) is 5.76 Å². The Balaban J connectivity index is 1.55. The van der Waals surface area contributed by atoms with Gasteiger partial charge in [0.05, 0.1) is 12.4 Å². The average molecular weight is 299 g/mol. The second-order valence-corrected chi connectivity index (χ2v) is 5.84. The number of benzene rings is 1. The molecule has 1 aromatic heterocycles. The van der Waals surface area contributed by atoms with Gasteiger partial charge in [0, 0.05) is 18.0 Å². The van der Waals surface area contributed by atoms with Crippen molar-refractivity contribution in [2.75, 3.05) is 6.54 Å². The minimum Gasteiger partial charge on any atom is -0.464 e. The van der Waals surface area contributed by atoms with Crippen LogP contribution in [0.4, 0.5) is 0 Å². The van der Waals surface area contributed by atoms with E-state index < -0.39 is 6.10 Å². The van der Waals surface area contributed by atoms with Crippen molar-refractivity contribution in [2.45, 2.75) is 31.8 Å². The molecule has 4 heteroatoms. The van der Waals surface area contributed by atoms with E-state index in [-0.39, 0.29) is 18.4 Å². The summed E-state index contributed by atoms with van der Waals surface area (Å²) in [6.07, 6.45) is 5.16. The molecule has 1 fully saturated rings. The van der Waals surface area contributed by atoms with Gasteiger partial charge in [0.2, 0.25) is 5.91 Å². The topological polar surface area (TPSA) is 62.5 Å². The molecule has 3 rings (SSSR count). The molecule has 4 nitrogen and oxygen atoms in total. The molecule has 22 heavy (non-hydrogen) atoms. The van der Waals surface area contributed by atoms with Gasteiger partial charge in [-0.1, -0.05) is 37.1 Å². The number of nitrogens with one attached hydrogen (secondary N) is 1. The molecule has 1 aromatic carbocycles. The van der Waals surface area contributed by atoms with Crippen LogP contribution in [0.25, 0.3) is 11.3 Å². The Morgan fingerprint density at radius 1 is 1.23 bits per heavy atom. The second-order valence-electron chi connectivity index (χ2n) is 5.84. The summed E-state index contributed by atoms with van der Waals surface area (Å²) in [5.74, 6) is 1.01. The first-order valence-electron chi connectivity index (χ1n) is 7.83. The van der Waals surface area contributed by atoms with Crippen molar-refractivity contribution < 1.29 is 14.3 Å². The molecule has 0 radical (unpaired) electrons. The summed E-state index contributed by atoms with van der Waals surface area (Å²) in [5, 5.41) is 13.1. The van der Waals surface area contributed by atoms with Crippen LogP contribution in [0, 0.1) is 5.92 Å². The first-order valence-corrected chi connectivity index (χ1v) is 7.83. The van der Waals surface area contributed by atoms with E-state index in [1.165, 1.54) is 0 Å². The molecule has 0 aliphatic heterocycles. The number of rotatable bonds is 5. The van der Waals surface area contributed by atoms with Crippen molar-refractivity contribution >= 4 is 5.91 Å². The zero-order valence-corrected chi connectivity index (χ0v) is 12.5. The average Bonchev–Trinajstić information content (AvgIpc) is 3.25. The molecule has 116 valence electrons. The minimum atomic E-state index is -0.684. The summed E-state index contributed by atoms with van der Waals surface area (Å²) in [5.41, 5.74) is 1.76. The predicted octanol–water partition coefficient (Wildman–Crippen LogP) is 3.29. The van der Waals surface area contributed by atoms with Gasteiger partial charge in [0.15, 0.2) is 0 Å². The van der Waals surface area contributed by atoms with Crippen molar-refractivity contribution in [1.82, 2.24) is 5.32 Å². The molecule has 1 heterocycles. The van der Waals surface area contributed by atoms with E-state index in [2.05, 4.69) is 5.32 Å². The summed E-state index contributed by atoms with van der Waals surface area (Å²) >= 11 is 0. The Hall–Kier alpha value is -2.07. The largest absolute Gasteiger partial charge is 0.464 e. The lowest BCUT2D eigenvalue weighted by atomic mass is 10.0. The summed E-state index contributed by atoms with van der Waals surface area (Å²) in [6, 6.07) is 11.3. The fraction of sp³-hybridized carbons (Fsp3) is 0.389. The van der Waals surface area contributed by atoms with Gasteiger partial charge >= 0.3 is 0 Å². The third-order valence-electron chi connectivity index (χ3n) is 4.30. The number of hydrogen-bond donors (Lipinski definition) is 2. The van der Waals surface area contributed by atoms with Crippen LogP contribution in [-0.2, 0) is 4.79 Å². The zero-order chi connectivity index (χ0) is 15.4. The first kappa shape index (κ1) is 14.9. The van der Waals surface area contributed by atoms with E-state index in [9.17, 15) is 9.90 Å². The SMILES string of the molecule is O=C(NCC(O)c1ccc(-c2ccco2)cc1)C1CCCC1. The molecule has 1 atom stereocenters. The third-order valence-corrected chi connectivity index (χ3v) is 4.30. The lowest BCUT2D eigenvalue weighted by molar-refractivity contribution is -0.125. The normalized spacial score (nSPS) is 16.6. The monoisotopic (exact) mass is 299 g/mol. The molecule has 0 saturated heterocycles. The molecular formula is C18H21NO3. The van der Waals surface area contributed by atoms with Gasteiger partial charge in [-0.15, -0.1) is 0 Å². The van der Waals surface area contributed by atoms with Gasteiger partial charge in [0.25, 0.3) is 0 Å². The second kappa shape index (κ2) is 6.79. The van der Waals surface area contributed by atoms with E-state index in [4.69, 9.17) is 4.42 Å². The number of aliphatic hydroxyl groups is 1. The Kier molecular flexibility index (Phi) is 4.59. The number of amides is 1. The minimum absolute atomic E-state index is 0.0729. The highest BCUT2D eigenvalue weighted by molar-refractivity contribution is 5.78. The van der Waals surface area contributed by atoms with Crippen LogP contribution in [0.5, 0.6) is 0 Å². The van der Waals surface area contributed by atoms with E-state index in [0.717, 1.165) is 42.6 Å². The highest BCUT2D eigenvalue weighted by Gasteiger charge is 2.22. The number of carbonyl (C=O) groups is 1. The number of furan rings is 1. The van der Waals surface area contributed by atoms with Gasteiger partial charge < -0.3 is 14.8 Å². The summed E-state index contributed by atoms with van der Waals surface area (Å²) in [6.45, 7) is 0.259. The predicted molar refractivity (Wildman–Crippen MR) is 84.1 cm³/mol. The standard InChI is InChI=1S/C18H21NO3/c20-16(12-19-18(21)15-4-1-2-5-15)13-7-9-14(10-8-13)17-6-3-11-22-17/h3,6-11,15-16,20H,1-2,4-5,12H2,(H,19,21). The van der Waals surface area contributed by atoms with Gasteiger partial charge in [-0.05, 0) is 30.5 Å². The van der Waals surface area contributed by atoms with Crippen LogP contribution in [0.15, 0.2) is 47.1 Å². The van der Waals surface area contributed by atoms with Crippen molar-refractivity contribution in [3.05, 3.63) is 48.2 Å². The lowest BCUT2D eigenvalue weighted by Crippen LogP contribution is -2.32. The smallest absolute Gasteiger partial charge is 0.223 e. The highest BCUT2D eigenvalue weighted by Crippen LogP contribution is 2.25. The highest BCUT2D eigenvalue weighted by atomic mass is 16.3. The van der Waals surface area contributed by atoms with Crippen LogP contribution in [-0.4, -0.2) is 17.6 Å². The van der Waals surface area contributed by atoms with E-state index in [0.29, 0.717) is 0 Å². The molecule has 2 aromatic rings. The van der Waals surface area contributed by atoms with Gasteiger partial charge in [-0.25, -0.2) is 0 Å². The molecular weight excluding hydrogens is 278 g/mol. The summed E-state index contributed by atoms with van der Waals surface area (Å²) in [4.78, 5) is 12.0. The third kappa shape index (κ3) is 3.39. The molecule has 1 aliphatic carbocycles. The van der Waals surface area contributed by atoms with Crippen molar-refractivity contribution in [3.8, 4) is 11.3 Å². The molecule has 1 unspecified atom stereocenters. The van der Waals surface area contributed by atoms with E-state index in [1.807, 2.05) is 36.4 Å². The van der Waals surface area contributed by atoms with Crippen LogP contribution < -0.4 is 5.32 Å². The van der Waals surface area contributed by atoms with Crippen LogP contribution in [0.3, 0.4) is 0 Å². The zero-order valence-electron chi connectivity index (χ0n) is 12.5. The Morgan fingerprint density at radius 2 is 1.95 bits per heavy atom. The van der Waals surface area contributed by atoms with Crippen molar-refractivity contribution in [2.24, 2.45) is 5.92 Å². The van der Waals surface area contributed by atoms with Gasteiger partial charge in [-0.2, -0.15) is 0 Å². The van der Waals surface area contributed by atoms with E-state index >= 15 is 0 Å². The number of carbonyl (C=O) groups excluding carboxylic acids is 1. The van der Waals surface area contributed by atoms with Crippen LogP contribution in [0.1, 0.15) is 37.4 Å². The molecule has 0 spiro atoms. The lowest BCUT2D eigenvalue weighted by Gasteiger charge is -2.15. The maximum absolute atomic E-state index is 12.0. The van der Waals surface area contributed by atoms with Crippen molar-refractivity contribution in [1.29, 1.82) is 0 Å².